The third-order valence-electron chi connectivity index (χ3n) is 4.48. The van der Waals surface area contributed by atoms with E-state index in [0.29, 0.717) is 6.04 Å². The van der Waals surface area contributed by atoms with Crippen molar-refractivity contribution in [1.82, 2.24) is 20.2 Å². The minimum Gasteiger partial charge on any atom is -0.314 e. The second-order valence-electron chi connectivity index (χ2n) is 6.01. The first kappa shape index (κ1) is 16.8. The van der Waals surface area contributed by atoms with E-state index < -0.39 is 0 Å². The zero-order chi connectivity index (χ0) is 15.5. The maximum Gasteiger partial charge on any atom is 0.0702 e. The Morgan fingerprint density at radius 2 is 2.04 bits per heavy atom. The molecule has 5 heteroatoms. The van der Waals surface area contributed by atoms with Crippen molar-refractivity contribution in [3.63, 3.8) is 0 Å². The first-order valence-electron chi connectivity index (χ1n) is 8.08. The molecule has 1 aliphatic heterocycles. The number of nitrogens with zero attached hydrogens (tertiary/aromatic N) is 3. The van der Waals surface area contributed by atoms with Gasteiger partial charge in [-0.3, -0.25) is 14.9 Å². The maximum atomic E-state index is 4.40. The average Bonchev–Trinajstić information content (AvgIpc) is 2.63. The summed E-state index contributed by atoms with van der Waals surface area (Å²) in [6.07, 6.45) is 5.66. The van der Waals surface area contributed by atoms with Gasteiger partial charge in [0.15, 0.2) is 0 Å². The Morgan fingerprint density at radius 1 is 1.12 bits per heavy atom. The second-order valence-corrected chi connectivity index (χ2v) is 6.01. The summed E-state index contributed by atoms with van der Waals surface area (Å²) in [6.45, 7) is 4.00. The van der Waals surface area contributed by atoms with E-state index in [1.54, 1.807) is 0 Å². The van der Waals surface area contributed by atoms with Crippen LogP contribution in [0.2, 0.25) is 0 Å². The number of aromatic nitrogens is 2. The van der Waals surface area contributed by atoms with E-state index in [2.05, 4.69) is 50.5 Å². The van der Waals surface area contributed by atoms with Crippen molar-refractivity contribution >= 4 is 23.3 Å². The third kappa shape index (κ3) is 3.56. The number of benzene rings is 1. The van der Waals surface area contributed by atoms with Crippen LogP contribution in [0.5, 0.6) is 0 Å². The minimum atomic E-state index is 0. The summed E-state index contributed by atoms with van der Waals surface area (Å²) in [7, 11) is 0. The van der Waals surface area contributed by atoms with Crippen LogP contribution in [0.15, 0.2) is 61.1 Å². The summed E-state index contributed by atoms with van der Waals surface area (Å²) in [4.78, 5) is 11.2. The zero-order valence-corrected chi connectivity index (χ0v) is 14.2. The van der Waals surface area contributed by atoms with E-state index in [9.17, 15) is 0 Å². The molecule has 4 rings (SSSR count). The highest BCUT2D eigenvalue weighted by Gasteiger charge is 2.23. The first-order valence-corrected chi connectivity index (χ1v) is 8.08. The quantitative estimate of drug-likeness (QED) is 0.795. The fraction of sp³-hybridized carbons (Fsp3) is 0.263. The lowest BCUT2D eigenvalue weighted by Crippen LogP contribution is -2.45. The lowest BCUT2D eigenvalue weighted by molar-refractivity contribution is 0.153. The van der Waals surface area contributed by atoms with E-state index in [1.165, 1.54) is 16.5 Å². The lowest BCUT2D eigenvalue weighted by Gasteiger charge is -2.36. The van der Waals surface area contributed by atoms with E-state index in [1.807, 2.05) is 30.7 Å². The van der Waals surface area contributed by atoms with Gasteiger partial charge in [0.1, 0.15) is 0 Å². The average molecular weight is 341 g/mol. The molecular weight excluding hydrogens is 320 g/mol. The summed E-state index contributed by atoms with van der Waals surface area (Å²) in [5, 5.41) is 4.71. The van der Waals surface area contributed by atoms with Crippen LogP contribution in [0.3, 0.4) is 0 Å². The van der Waals surface area contributed by atoms with Crippen LogP contribution >= 0.6 is 12.4 Å². The first-order chi connectivity index (χ1) is 11.4. The van der Waals surface area contributed by atoms with Gasteiger partial charge in [-0.25, -0.2) is 0 Å². The molecule has 1 unspecified atom stereocenters. The van der Waals surface area contributed by atoms with Gasteiger partial charge in [0, 0.05) is 56.2 Å². The fourth-order valence-corrected chi connectivity index (χ4v) is 3.30. The van der Waals surface area contributed by atoms with Crippen molar-refractivity contribution in [1.29, 1.82) is 0 Å². The van der Waals surface area contributed by atoms with Crippen LogP contribution in [0.25, 0.3) is 10.9 Å². The highest BCUT2D eigenvalue weighted by atomic mass is 35.5. The van der Waals surface area contributed by atoms with Crippen LogP contribution < -0.4 is 5.32 Å². The Hall–Kier alpha value is -2.01. The topological polar surface area (TPSA) is 41.1 Å². The number of pyridine rings is 2. The van der Waals surface area contributed by atoms with Crippen molar-refractivity contribution in [3.8, 4) is 0 Å². The standard InChI is InChI=1S/C19H20N4.ClH/c1-4-17(12-20-7-1)19-13-21-9-10-23(19)14-15-5-6-18-16(11-15)3-2-8-22-18;/h1-8,11-12,19,21H,9-10,13-14H2;1H. The smallest absolute Gasteiger partial charge is 0.0702 e. The number of fused-ring (bicyclic) bond motifs is 1. The Kier molecular flexibility index (Phi) is 5.41. The van der Waals surface area contributed by atoms with E-state index in [4.69, 9.17) is 0 Å². The maximum absolute atomic E-state index is 4.40. The van der Waals surface area contributed by atoms with Gasteiger partial charge < -0.3 is 5.32 Å². The predicted octanol–water partition coefficient (Wildman–Crippen LogP) is 3.20. The largest absolute Gasteiger partial charge is 0.314 e. The molecule has 0 bridgehead atoms. The second kappa shape index (κ2) is 7.71. The summed E-state index contributed by atoms with van der Waals surface area (Å²) >= 11 is 0. The van der Waals surface area contributed by atoms with Crippen molar-refractivity contribution < 1.29 is 0 Å². The number of rotatable bonds is 3. The van der Waals surface area contributed by atoms with E-state index >= 15 is 0 Å². The van der Waals surface area contributed by atoms with Gasteiger partial charge in [-0.05, 0) is 35.4 Å². The molecular formula is C19H21ClN4. The summed E-state index contributed by atoms with van der Waals surface area (Å²) in [5.41, 5.74) is 3.67. The van der Waals surface area contributed by atoms with Gasteiger partial charge in [0.05, 0.1) is 5.52 Å². The summed E-state index contributed by atoms with van der Waals surface area (Å²) < 4.78 is 0. The van der Waals surface area contributed by atoms with Gasteiger partial charge in [0.25, 0.3) is 0 Å². The molecule has 0 amide bonds. The number of nitrogens with one attached hydrogen (secondary N) is 1. The van der Waals surface area contributed by atoms with Crippen LogP contribution in [0.4, 0.5) is 0 Å². The number of hydrogen-bond donors (Lipinski definition) is 1. The molecule has 2 aromatic heterocycles. The van der Waals surface area contributed by atoms with Gasteiger partial charge >= 0.3 is 0 Å². The molecule has 1 atom stereocenters. The highest BCUT2D eigenvalue weighted by molar-refractivity contribution is 5.85. The van der Waals surface area contributed by atoms with Crippen LogP contribution in [-0.2, 0) is 6.54 Å². The van der Waals surface area contributed by atoms with Crippen molar-refractivity contribution in [2.24, 2.45) is 0 Å². The molecule has 0 radical (unpaired) electrons. The Bertz CT molecular complexity index is 793. The third-order valence-corrected chi connectivity index (χ3v) is 4.48. The molecule has 0 spiro atoms. The SMILES string of the molecule is Cl.c1cncc(C2CNCCN2Cc2ccc3ncccc3c2)c1. The van der Waals surface area contributed by atoms with Crippen molar-refractivity contribution in [2.45, 2.75) is 12.6 Å². The molecule has 1 fully saturated rings. The van der Waals surface area contributed by atoms with Gasteiger partial charge in [0.2, 0.25) is 0 Å². The molecule has 1 saturated heterocycles. The Balaban J connectivity index is 0.00000169. The van der Waals surface area contributed by atoms with Crippen LogP contribution in [0.1, 0.15) is 17.2 Å². The zero-order valence-electron chi connectivity index (χ0n) is 13.4. The lowest BCUT2D eigenvalue weighted by atomic mass is 10.0. The predicted molar refractivity (Wildman–Crippen MR) is 99.2 cm³/mol. The fourth-order valence-electron chi connectivity index (χ4n) is 3.30. The van der Waals surface area contributed by atoms with Gasteiger partial charge in [-0.15, -0.1) is 12.4 Å². The number of piperazine rings is 1. The van der Waals surface area contributed by atoms with Crippen LogP contribution in [-0.4, -0.2) is 34.5 Å². The summed E-state index contributed by atoms with van der Waals surface area (Å²) in [5.74, 6) is 0. The van der Waals surface area contributed by atoms with Crippen molar-refractivity contribution in [2.75, 3.05) is 19.6 Å². The molecule has 3 heterocycles. The number of hydrogen-bond acceptors (Lipinski definition) is 4. The number of halogens is 1. The molecule has 1 aliphatic rings. The molecule has 0 aliphatic carbocycles. The molecule has 1 aromatic carbocycles. The molecule has 24 heavy (non-hydrogen) atoms. The molecule has 4 nitrogen and oxygen atoms in total. The minimum absolute atomic E-state index is 0. The van der Waals surface area contributed by atoms with Gasteiger partial charge in [-0.2, -0.15) is 0 Å². The van der Waals surface area contributed by atoms with Crippen LogP contribution in [0, 0.1) is 0 Å². The Morgan fingerprint density at radius 3 is 2.92 bits per heavy atom. The van der Waals surface area contributed by atoms with E-state index in [-0.39, 0.29) is 12.4 Å². The Labute approximate surface area is 148 Å². The van der Waals surface area contributed by atoms with E-state index in [0.717, 1.165) is 31.7 Å². The van der Waals surface area contributed by atoms with Crippen molar-refractivity contribution in [3.05, 3.63) is 72.2 Å². The molecule has 3 aromatic rings. The monoisotopic (exact) mass is 340 g/mol. The molecule has 124 valence electrons. The normalized spacial score (nSPS) is 18.2. The molecule has 1 N–H and O–H groups in total. The van der Waals surface area contributed by atoms with Gasteiger partial charge in [-0.1, -0.05) is 18.2 Å². The summed E-state index contributed by atoms with van der Waals surface area (Å²) in [6, 6.07) is 15.2. The molecule has 0 saturated carbocycles. The highest BCUT2D eigenvalue weighted by Crippen LogP contribution is 2.24.